The molecule has 0 spiro atoms. The van der Waals surface area contributed by atoms with E-state index in [2.05, 4.69) is 15.3 Å². The van der Waals surface area contributed by atoms with Crippen LogP contribution >= 0.6 is 11.6 Å². The van der Waals surface area contributed by atoms with Crippen LogP contribution in [-0.2, 0) is 6.42 Å². The van der Waals surface area contributed by atoms with E-state index in [4.69, 9.17) is 11.6 Å². The zero-order valence-electron chi connectivity index (χ0n) is 10.7. The highest BCUT2D eigenvalue weighted by Gasteiger charge is 2.22. The average molecular weight is 270 g/mol. The molecule has 5 heteroatoms. The topological polar surface area (TPSA) is 58.0 Å². The maximum absolute atomic E-state index is 9.90. The molecular weight excluding hydrogens is 250 g/mol. The summed E-state index contributed by atoms with van der Waals surface area (Å²) >= 11 is 5.94. The number of halogens is 1. The van der Waals surface area contributed by atoms with Gasteiger partial charge in [-0.05, 0) is 12.8 Å². The van der Waals surface area contributed by atoms with Crippen LogP contribution in [0, 0.1) is 5.92 Å². The van der Waals surface area contributed by atoms with Gasteiger partial charge in [0.1, 0.15) is 16.8 Å². The quantitative estimate of drug-likeness (QED) is 0.825. The lowest BCUT2D eigenvalue weighted by Crippen LogP contribution is -2.30. The molecule has 2 unspecified atom stereocenters. The van der Waals surface area contributed by atoms with Crippen LogP contribution < -0.4 is 5.32 Å². The largest absolute Gasteiger partial charge is 0.393 e. The van der Waals surface area contributed by atoms with Crippen LogP contribution in [0.3, 0.4) is 0 Å². The van der Waals surface area contributed by atoms with Crippen LogP contribution in [0.15, 0.2) is 6.07 Å². The fourth-order valence-corrected chi connectivity index (χ4v) is 2.58. The first-order valence-electron chi connectivity index (χ1n) is 6.64. The van der Waals surface area contributed by atoms with Crippen LogP contribution in [0.1, 0.15) is 38.4 Å². The predicted molar refractivity (Wildman–Crippen MR) is 72.9 cm³/mol. The van der Waals surface area contributed by atoms with Crippen molar-refractivity contribution in [3.63, 3.8) is 0 Å². The van der Waals surface area contributed by atoms with Gasteiger partial charge in [0.15, 0.2) is 0 Å². The van der Waals surface area contributed by atoms with Gasteiger partial charge in [-0.15, -0.1) is 0 Å². The first-order valence-corrected chi connectivity index (χ1v) is 7.02. The van der Waals surface area contributed by atoms with Crippen LogP contribution in [-0.4, -0.2) is 27.7 Å². The molecule has 0 aromatic carbocycles. The lowest BCUT2D eigenvalue weighted by atomic mass is 9.86. The summed E-state index contributed by atoms with van der Waals surface area (Å²) in [7, 11) is 0. The van der Waals surface area contributed by atoms with Gasteiger partial charge in [-0.1, -0.05) is 31.4 Å². The molecule has 2 rings (SSSR count). The number of hydrogen-bond acceptors (Lipinski definition) is 4. The monoisotopic (exact) mass is 269 g/mol. The van der Waals surface area contributed by atoms with E-state index in [1.807, 2.05) is 6.92 Å². The summed E-state index contributed by atoms with van der Waals surface area (Å²) in [6.07, 6.45) is 4.91. The Hall–Kier alpha value is -0.870. The van der Waals surface area contributed by atoms with E-state index < -0.39 is 0 Å². The molecule has 18 heavy (non-hydrogen) atoms. The van der Waals surface area contributed by atoms with Crippen LogP contribution in [0.2, 0.25) is 5.15 Å². The molecule has 0 saturated heterocycles. The van der Waals surface area contributed by atoms with Crippen molar-refractivity contribution in [1.82, 2.24) is 9.97 Å². The van der Waals surface area contributed by atoms with Gasteiger partial charge < -0.3 is 10.4 Å². The Morgan fingerprint density at radius 3 is 2.89 bits per heavy atom. The van der Waals surface area contributed by atoms with Gasteiger partial charge in [0.05, 0.1) is 6.10 Å². The second-order valence-corrected chi connectivity index (χ2v) is 5.23. The van der Waals surface area contributed by atoms with Gasteiger partial charge in [-0.3, -0.25) is 0 Å². The Morgan fingerprint density at radius 2 is 2.17 bits per heavy atom. The van der Waals surface area contributed by atoms with Crippen molar-refractivity contribution in [3.8, 4) is 0 Å². The first-order chi connectivity index (χ1) is 8.69. The Balaban J connectivity index is 1.94. The molecule has 1 heterocycles. The Morgan fingerprint density at radius 1 is 1.39 bits per heavy atom. The Labute approximate surface area is 113 Å². The molecule has 0 radical (unpaired) electrons. The molecule has 0 aliphatic heterocycles. The third-order valence-corrected chi connectivity index (χ3v) is 3.67. The average Bonchev–Trinajstić information content (AvgIpc) is 2.37. The SMILES string of the molecule is CCc1nc(Cl)cc(NCC2CCCCC2O)n1. The highest BCUT2D eigenvalue weighted by molar-refractivity contribution is 6.29. The van der Waals surface area contributed by atoms with E-state index in [9.17, 15) is 5.11 Å². The van der Waals surface area contributed by atoms with Crippen LogP contribution in [0.4, 0.5) is 5.82 Å². The van der Waals surface area contributed by atoms with E-state index in [0.717, 1.165) is 43.9 Å². The van der Waals surface area contributed by atoms with Gasteiger partial charge in [0.2, 0.25) is 0 Å². The van der Waals surface area contributed by atoms with Gasteiger partial charge in [-0.2, -0.15) is 0 Å². The standard InChI is InChI=1S/C13H20ClN3O/c1-2-12-16-11(14)7-13(17-12)15-8-9-5-3-4-6-10(9)18/h7,9-10,18H,2-6,8H2,1H3,(H,15,16,17). The van der Waals surface area contributed by atoms with Crippen LogP contribution in [0.25, 0.3) is 0 Å². The molecule has 1 aliphatic carbocycles. The first kappa shape index (κ1) is 13.6. The third kappa shape index (κ3) is 3.56. The zero-order chi connectivity index (χ0) is 13.0. The number of aliphatic hydroxyl groups is 1. The van der Waals surface area contributed by atoms with Crippen molar-refractivity contribution in [3.05, 3.63) is 17.0 Å². The number of aromatic nitrogens is 2. The molecular formula is C13H20ClN3O. The molecule has 4 nitrogen and oxygen atoms in total. The minimum atomic E-state index is -0.186. The molecule has 1 aromatic rings. The number of anilines is 1. The fourth-order valence-electron chi connectivity index (χ4n) is 2.38. The number of nitrogens with zero attached hydrogens (tertiary/aromatic N) is 2. The maximum atomic E-state index is 9.90. The fraction of sp³-hybridized carbons (Fsp3) is 0.692. The lowest BCUT2D eigenvalue weighted by Gasteiger charge is -2.27. The van der Waals surface area contributed by atoms with Crippen molar-refractivity contribution in [2.24, 2.45) is 5.92 Å². The molecule has 1 fully saturated rings. The summed E-state index contributed by atoms with van der Waals surface area (Å²) in [4.78, 5) is 8.50. The van der Waals surface area contributed by atoms with Crippen molar-refractivity contribution in [2.75, 3.05) is 11.9 Å². The molecule has 100 valence electrons. The summed E-state index contributed by atoms with van der Waals surface area (Å²) in [5.41, 5.74) is 0. The lowest BCUT2D eigenvalue weighted by molar-refractivity contribution is 0.0763. The predicted octanol–water partition coefficient (Wildman–Crippen LogP) is 2.66. The summed E-state index contributed by atoms with van der Waals surface area (Å²) in [5, 5.41) is 13.6. The number of aryl methyl sites for hydroxylation is 1. The van der Waals surface area contributed by atoms with Gasteiger partial charge in [-0.25, -0.2) is 9.97 Å². The van der Waals surface area contributed by atoms with Crippen molar-refractivity contribution in [1.29, 1.82) is 0 Å². The van der Waals surface area contributed by atoms with Crippen LogP contribution in [0.5, 0.6) is 0 Å². The second-order valence-electron chi connectivity index (χ2n) is 4.84. The molecule has 0 amide bonds. The van der Waals surface area contributed by atoms with Crippen molar-refractivity contribution < 1.29 is 5.11 Å². The summed E-state index contributed by atoms with van der Waals surface area (Å²) in [6, 6.07) is 1.73. The van der Waals surface area contributed by atoms with Crippen molar-refractivity contribution in [2.45, 2.75) is 45.1 Å². The molecule has 0 bridgehead atoms. The van der Waals surface area contributed by atoms with Gasteiger partial charge in [0.25, 0.3) is 0 Å². The van der Waals surface area contributed by atoms with E-state index in [0.29, 0.717) is 11.1 Å². The highest BCUT2D eigenvalue weighted by atomic mass is 35.5. The Bertz CT molecular complexity index is 400. The number of aliphatic hydroxyl groups excluding tert-OH is 1. The normalized spacial score (nSPS) is 23.9. The second kappa shape index (κ2) is 6.34. The number of hydrogen-bond donors (Lipinski definition) is 2. The third-order valence-electron chi connectivity index (χ3n) is 3.47. The molecule has 1 saturated carbocycles. The summed E-state index contributed by atoms with van der Waals surface area (Å²) < 4.78 is 0. The smallest absolute Gasteiger partial charge is 0.134 e. The summed E-state index contributed by atoms with van der Waals surface area (Å²) in [6.45, 7) is 2.75. The van der Waals surface area contributed by atoms with Crippen molar-refractivity contribution >= 4 is 17.4 Å². The highest BCUT2D eigenvalue weighted by Crippen LogP contribution is 2.24. The van der Waals surface area contributed by atoms with E-state index in [-0.39, 0.29) is 6.10 Å². The summed E-state index contributed by atoms with van der Waals surface area (Å²) in [5.74, 6) is 1.82. The van der Waals surface area contributed by atoms with E-state index in [1.54, 1.807) is 6.07 Å². The number of nitrogens with one attached hydrogen (secondary N) is 1. The van der Waals surface area contributed by atoms with E-state index in [1.165, 1.54) is 6.42 Å². The van der Waals surface area contributed by atoms with Gasteiger partial charge >= 0.3 is 0 Å². The molecule has 2 N–H and O–H groups in total. The maximum Gasteiger partial charge on any atom is 0.134 e. The minimum absolute atomic E-state index is 0.186. The van der Waals surface area contributed by atoms with Gasteiger partial charge in [0, 0.05) is 24.9 Å². The number of rotatable bonds is 4. The zero-order valence-corrected chi connectivity index (χ0v) is 11.5. The Kier molecular flexibility index (Phi) is 4.78. The van der Waals surface area contributed by atoms with E-state index >= 15 is 0 Å². The molecule has 1 aliphatic rings. The molecule has 2 atom stereocenters. The molecule has 1 aromatic heterocycles. The minimum Gasteiger partial charge on any atom is -0.393 e.